The third-order valence-corrected chi connectivity index (χ3v) is 6.48. The maximum absolute atomic E-state index is 8.88. The van der Waals surface area contributed by atoms with E-state index in [0.717, 1.165) is 54.2 Å². The number of hydrogen-bond donors (Lipinski definition) is 2. The topological polar surface area (TPSA) is 82.3 Å². The molecule has 2 atom stereocenters. The Hall–Kier alpha value is -4.04. The van der Waals surface area contributed by atoms with E-state index < -0.39 is 0 Å². The molecule has 1 aliphatic carbocycles. The number of nitriles is 1. The molecule has 0 amide bonds. The molecule has 0 spiro atoms. The second kappa shape index (κ2) is 14.0. The Kier molecular flexibility index (Phi) is 9.98. The molecule has 2 heterocycles. The summed E-state index contributed by atoms with van der Waals surface area (Å²) in [4.78, 5) is 4.55. The Labute approximate surface area is 226 Å². The average molecular weight is 522 g/mol. The number of anilines is 1. The van der Waals surface area contributed by atoms with Crippen LogP contribution in [0.25, 0.3) is 5.57 Å². The van der Waals surface area contributed by atoms with Crippen molar-refractivity contribution in [1.82, 2.24) is 10.3 Å². The van der Waals surface area contributed by atoms with Crippen LogP contribution in [0.5, 0.6) is 5.88 Å². The summed E-state index contributed by atoms with van der Waals surface area (Å²) < 4.78 is 10.6. The first-order chi connectivity index (χ1) is 18.7. The van der Waals surface area contributed by atoms with E-state index in [1.165, 1.54) is 5.56 Å². The predicted octanol–water partition coefficient (Wildman–Crippen LogP) is 5.82. The number of aromatic nitrogens is 1. The number of nitrogens with one attached hydrogen (secondary N) is 2. The zero-order chi connectivity index (χ0) is 26.6. The molecule has 2 aliphatic rings. The van der Waals surface area contributed by atoms with Gasteiger partial charge in [-0.15, -0.1) is 0 Å². The van der Waals surface area contributed by atoms with Crippen LogP contribution in [0, 0.1) is 11.3 Å². The van der Waals surface area contributed by atoms with Crippen molar-refractivity contribution in [1.29, 1.82) is 5.26 Å². The average Bonchev–Trinajstić information content (AvgIpc) is 2.98. The smallest absolute Gasteiger partial charge is 0.237 e. The van der Waals surface area contributed by atoms with Crippen molar-refractivity contribution in [3.8, 4) is 11.9 Å². The van der Waals surface area contributed by atoms with Gasteiger partial charge in [0.1, 0.15) is 6.10 Å². The Morgan fingerprint density at radius 3 is 2.58 bits per heavy atom. The first-order valence-corrected chi connectivity index (χ1v) is 14.0. The van der Waals surface area contributed by atoms with Gasteiger partial charge in [0.05, 0.1) is 29.6 Å². The molecule has 5 rings (SSSR count). The van der Waals surface area contributed by atoms with Crippen LogP contribution in [0.2, 0.25) is 0 Å². The van der Waals surface area contributed by atoms with Gasteiger partial charge in [-0.2, -0.15) is 5.26 Å². The van der Waals surface area contributed by atoms with Gasteiger partial charge in [-0.05, 0) is 69.3 Å². The van der Waals surface area contributed by atoms with Crippen molar-refractivity contribution < 1.29 is 4.74 Å². The Morgan fingerprint density at radius 1 is 1.16 bits per heavy atom. The highest BCUT2D eigenvalue weighted by Crippen LogP contribution is 2.31. The first-order valence-electron chi connectivity index (χ1n) is 12.6. The van der Waals surface area contributed by atoms with E-state index in [2.05, 4.69) is 45.2 Å². The van der Waals surface area contributed by atoms with Gasteiger partial charge in [-0.25, -0.2) is 4.98 Å². The van der Waals surface area contributed by atoms with Gasteiger partial charge in [0.25, 0.3) is 0 Å². The molecule has 3 aromatic rings. The van der Waals surface area contributed by atoms with Gasteiger partial charge in [0.2, 0.25) is 5.88 Å². The van der Waals surface area contributed by atoms with Crippen molar-refractivity contribution in [3.63, 3.8) is 0 Å². The molecule has 38 heavy (non-hydrogen) atoms. The first kappa shape index (κ1) is 27.0. The number of allylic oxidation sites excluding steroid dienone is 5. The molecule has 1 unspecified atom stereocenters. The zero-order valence-corrected chi connectivity index (χ0v) is 22.5. The van der Waals surface area contributed by atoms with E-state index in [9.17, 15) is 0 Å². The quantitative estimate of drug-likeness (QED) is 0.303. The van der Waals surface area contributed by atoms with Crippen LogP contribution >= 0.6 is 8.73 Å². The minimum Gasteiger partial charge on any atom is -0.470 e. The Bertz CT molecular complexity index is 1330. The van der Waals surface area contributed by atoms with Crippen LogP contribution < -0.4 is 15.4 Å². The molecule has 0 fully saturated rings. The number of benzene rings is 2. The predicted molar refractivity (Wildman–Crippen MR) is 159 cm³/mol. The second-order valence-electron chi connectivity index (χ2n) is 8.79. The summed E-state index contributed by atoms with van der Waals surface area (Å²) >= 11 is 0. The van der Waals surface area contributed by atoms with Crippen molar-refractivity contribution in [2.75, 3.05) is 31.6 Å². The zero-order valence-electron chi connectivity index (χ0n) is 21.5. The summed E-state index contributed by atoms with van der Waals surface area (Å²) in [7, 11) is 0.497. The molecule has 1 aliphatic heterocycles. The lowest BCUT2D eigenvalue weighted by molar-refractivity contribution is 0.194. The van der Waals surface area contributed by atoms with Crippen LogP contribution in [-0.4, -0.2) is 43.1 Å². The number of hydrogen-bond acceptors (Lipinski definition) is 6. The Balaban J connectivity index is 0.000000494. The Morgan fingerprint density at radius 2 is 1.89 bits per heavy atom. The summed E-state index contributed by atoms with van der Waals surface area (Å²) in [6.07, 6.45) is 8.88. The summed E-state index contributed by atoms with van der Waals surface area (Å²) in [6.45, 7) is 8.40. The lowest BCUT2D eigenvalue weighted by Gasteiger charge is -2.27. The third-order valence-electron chi connectivity index (χ3n) is 6.01. The second-order valence-corrected chi connectivity index (χ2v) is 9.46. The number of nitrogens with zero attached hydrogens (tertiary/aromatic N) is 3. The number of ether oxygens (including phenoxy) is 1. The lowest BCUT2D eigenvalue weighted by Crippen LogP contribution is -2.40. The van der Waals surface area contributed by atoms with E-state index in [4.69, 9.17) is 10.00 Å². The number of fused-ring (bicyclic) bond motifs is 1. The van der Waals surface area contributed by atoms with E-state index in [1.54, 1.807) is 0 Å². The maximum Gasteiger partial charge on any atom is 0.237 e. The molecule has 0 saturated carbocycles. The molecule has 2 N–H and O–H groups in total. The van der Waals surface area contributed by atoms with Gasteiger partial charge < -0.3 is 15.4 Å². The maximum atomic E-state index is 8.88. The fraction of sp³-hybridized carbons (Fsp3) is 0.194. The van der Waals surface area contributed by atoms with Crippen LogP contribution in [0.1, 0.15) is 16.7 Å². The third kappa shape index (κ3) is 7.73. The van der Waals surface area contributed by atoms with Crippen molar-refractivity contribution in [2.24, 2.45) is 4.76 Å². The van der Waals surface area contributed by atoms with Crippen molar-refractivity contribution in [2.45, 2.75) is 12.5 Å². The molecule has 0 bridgehead atoms. The molecule has 192 valence electrons. The molecular weight excluding hydrogens is 489 g/mol. The number of rotatable bonds is 7. The minimum atomic E-state index is 0.0169. The van der Waals surface area contributed by atoms with E-state index in [1.807, 2.05) is 85.7 Å². The van der Waals surface area contributed by atoms with Gasteiger partial charge in [-0.3, -0.25) is 4.76 Å². The largest absolute Gasteiger partial charge is 0.470 e. The standard InChI is InChI=1S/C25H26N5OP.C6H6/c1-17-3-8-20(11-23(17)30-32-2)21-12-24-25(29-14-21)31-22(16-28-24)15-27-10-9-18-4-6-19(13-26)7-5-18;1-2-4-6-5-3-1/h3-8,11-12,14,22,27-28,32H,1,9-10,15-16H2,2H3;1-6H/b30-23-;/t22-;/m1./s1. The van der Waals surface area contributed by atoms with Gasteiger partial charge >= 0.3 is 0 Å². The molecule has 1 aromatic heterocycles. The van der Waals surface area contributed by atoms with Crippen LogP contribution in [0.3, 0.4) is 0 Å². The molecule has 0 radical (unpaired) electrons. The minimum absolute atomic E-state index is 0.0169. The highest BCUT2D eigenvalue weighted by Gasteiger charge is 2.21. The lowest BCUT2D eigenvalue weighted by atomic mass is 9.97. The summed E-state index contributed by atoms with van der Waals surface area (Å²) in [5.74, 6) is 0.632. The fourth-order valence-electron chi connectivity index (χ4n) is 3.96. The van der Waals surface area contributed by atoms with E-state index >= 15 is 0 Å². The molecule has 7 heteroatoms. The SMILES string of the molecule is C=C1C=CC(c2cnc3c(c2)NC[C@@H](CNCCc2ccc(C#N)cc2)O3)=C/C1=N/PC.c1ccccc1. The van der Waals surface area contributed by atoms with E-state index in [0.29, 0.717) is 20.2 Å². The van der Waals surface area contributed by atoms with E-state index in [-0.39, 0.29) is 6.10 Å². The number of pyridine rings is 1. The summed E-state index contributed by atoms with van der Waals surface area (Å²) in [6, 6.07) is 23.9. The molecule has 0 saturated heterocycles. The van der Waals surface area contributed by atoms with Crippen LogP contribution in [-0.2, 0) is 6.42 Å². The van der Waals surface area contributed by atoms with Crippen molar-refractivity contribution in [3.05, 3.63) is 120 Å². The highest BCUT2D eigenvalue weighted by molar-refractivity contribution is 7.35. The fourth-order valence-corrected chi connectivity index (χ4v) is 4.41. The monoisotopic (exact) mass is 521 g/mol. The van der Waals surface area contributed by atoms with Crippen LogP contribution in [0.4, 0.5) is 5.69 Å². The van der Waals surface area contributed by atoms with Crippen molar-refractivity contribution >= 4 is 25.7 Å². The summed E-state index contributed by atoms with van der Waals surface area (Å²) in [5, 5.41) is 15.8. The normalized spacial score (nSPS) is 17.1. The highest BCUT2D eigenvalue weighted by atomic mass is 31.1. The van der Waals surface area contributed by atoms with Crippen LogP contribution in [0.15, 0.2) is 108 Å². The summed E-state index contributed by atoms with van der Waals surface area (Å²) in [5.41, 5.74) is 6.76. The van der Waals surface area contributed by atoms with Gasteiger partial charge in [0.15, 0.2) is 0 Å². The molecule has 2 aromatic carbocycles. The molecular formula is C31H32N5OP. The van der Waals surface area contributed by atoms with Gasteiger partial charge in [-0.1, -0.05) is 67.3 Å². The molecule has 6 nitrogen and oxygen atoms in total. The van der Waals surface area contributed by atoms with Gasteiger partial charge in [0, 0.05) is 18.3 Å².